The van der Waals surface area contributed by atoms with Crippen molar-refractivity contribution in [2.75, 3.05) is 0 Å². The van der Waals surface area contributed by atoms with E-state index in [2.05, 4.69) is 46.4 Å². The number of benzene rings is 1. The zero-order valence-electron chi connectivity index (χ0n) is 7.50. The number of rotatable bonds is 0. The average Bonchev–Trinajstić information content (AvgIpc) is 2.71. The summed E-state index contributed by atoms with van der Waals surface area (Å²) >= 11 is 7.17. The second-order valence-electron chi connectivity index (χ2n) is 3.30. The summed E-state index contributed by atoms with van der Waals surface area (Å²) in [7, 11) is 0. The molecule has 3 rings (SSSR count). The predicted octanol–water partition coefficient (Wildman–Crippen LogP) is 5.19. The van der Waals surface area contributed by atoms with Gasteiger partial charge in [-0.05, 0) is 62.8 Å². The highest BCUT2D eigenvalue weighted by atomic mass is 79.9. The van der Waals surface area contributed by atoms with E-state index in [1.807, 2.05) is 22.7 Å². The molecule has 2 aromatic heterocycles. The maximum atomic E-state index is 3.54. The molecule has 0 atom stereocenters. The summed E-state index contributed by atoms with van der Waals surface area (Å²) in [6.07, 6.45) is 0. The van der Waals surface area contributed by atoms with Gasteiger partial charge in [0.25, 0.3) is 0 Å². The zero-order valence-corrected chi connectivity index (χ0v) is 10.7. The van der Waals surface area contributed by atoms with Crippen LogP contribution in [0, 0.1) is 6.92 Å². The van der Waals surface area contributed by atoms with Crippen LogP contribution in [-0.2, 0) is 0 Å². The maximum absolute atomic E-state index is 3.54. The van der Waals surface area contributed by atoms with Crippen LogP contribution in [0.15, 0.2) is 27.4 Å². The van der Waals surface area contributed by atoms with Crippen molar-refractivity contribution < 1.29 is 0 Å². The lowest BCUT2D eigenvalue weighted by Gasteiger charge is -1.97. The van der Waals surface area contributed by atoms with Crippen molar-refractivity contribution in [2.45, 2.75) is 6.92 Å². The van der Waals surface area contributed by atoms with Gasteiger partial charge in [-0.3, -0.25) is 0 Å². The molecule has 0 unspecified atom stereocenters. The van der Waals surface area contributed by atoms with E-state index in [-0.39, 0.29) is 0 Å². The molecular weight excluding hydrogens is 276 g/mol. The van der Waals surface area contributed by atoms with Gasteiger partial charge in [0.15, 0.2) is 0 Å². The van der Waals surface area contributed by atoms with Crippen molar-refractivity contribution in [3.05, 3.63) is 32.9 Å². The monoisotopic (exact) mass is 282 g/mol. The zero-order chi connectivity index (χ0) is 9.71. The Bertz CT molecular complexity index is 619. The summed E-state index contributed by atoms with van der Waals surface area (Å²) in [5.74, 6) is 0. The molecule has 3 heteroatoms. The van der Waals surface area contributed by atoms with Gasteiger partial charge >= 0.3 is 0 Å². The molecule has 0 N–H and O–H groups in total. The van der Waals surface area contributed by atoms with E-state index in [0.29, 0.717) is 0 Å². The van der Waals surface area contributed by atoms with Crippen LogP contribution in [0.25, 0.3) is 20.2 Å². The highest BCUT2D eigenvalue weighted by Crippen LogP contribution is 2.37. The lowest BCUT2D eigenvalue weighted by Crippen LogP contribution is -1.72. The smallest absolute Gasteiger partial charge is 0.0711 e. The third-order valence-electron chi connectivity index (χ3n) is 2.46. The van der Waals surface area contributed by atoms with E-state index < -0.39 is 0 Å². The fourth-order valence-electron chi connectivity index (χ4n) is 1.78. The number of hydrogen-bond acceptors (Lipinski definition) is 2. The van der Waals surface area contributed by atoms with Crippen LogP contribution in [0.2, 0.25) is 0 Å². The van der Waals surface area contributed by atoms with Crippen molar-refractivity contribution in [1.82, 2.24) is 0 Å². The van der Waals surface area contributed by atoms with Crippen LogP contribution in [0.5, 0.6) is 0 Å². The Morgan fingerprint density at radius 1 is 1.29 bits per heavy atom. The SMILES string of the molecule is Cc1c2ccsc2cc2cc(Br)sc12. The van der Waals surface area contributed by atoms with Gasteiger partial charge in [0.2, 0.25) is 0 Å². The Hall–Kier alpha value is -0.380. The molecule has 70 valence electrons. The van der Waals surface area contributed by atoms with Gasteiger partial charge in [-0.2, -0.15) is 0 Å². The first-order valence-electron chi connectivity index (χ1n) is 4.31. The van der Waals surface area contributed by atoms with E-state index in [1.54, 1.807) is 0 Å². The van der Waals surface area contributed by atoms with Gasteiger partial charge in [-0.25, -0.2) is 0 Å². The molecule has 1 aromatic carbocycles. The first-order valence-corrected chi connectivity index (χ1v) is 6.80. The summed E-state index contributed by atoms with van der Waals surface area (Å²) in [6, 6.07) is 6.69. The van der Waals surface area contributed by atoms with E-state index in [0.717, 1.165) is 0 Å². The molecule has 3 aromatic rings. The summed E-state index contributed by atoms with van der Waals surface area (Å²) in [4.78, 5) is 0. The van der Waals surface area contributed by atoms with Gasteiger partial charge in [0.05, 0.1) is 3.79 Å². The Balaban J connectivity index is 2.61. The molecule has 0 nitrogen and oxygen atoms in total. The second kappa shape index (κ2) is 3.05. The maximum Gasteiger partial charge on any atom is 0.0711 e. The fourth-order valence-corrected chi connectivity index (χ4v) is 4.29. The normalized spacial score (nSPS) is 11.6. The van der Waals surface area contributed by atoms with Crippen molar-refractivity contribution in [1.29, 1.82) is 0 Å². The van der Waals surface area contributed by atoms with Gasteiger partial charge in [0.1, 0.15) is 0 Å². The minimum atomic E-state index is 1.22. The molecule has 0 aliphatic heterocycles. The van der Waals surface area contributed by atoms with Crippen LogP contribution < -0.4 is 0 Å². The Morgan fingerprint density at radius 3 is 3.00 bits per heavy atom. The quantitative estimate of drug-likeness (QED) is 0.533. The minimum Gasteiger partial charge on any atom is -0.144 e. The first kappa shape index (κ1) is 8.89. The van der Waals surface area contributed by atoms with E-state index in [1.165, 1.54) is 29.5 Å². The highest BCUT2D eigenvalue weighted by Gasteiger charge is 2.07. The third-order valence-corrected chi connectivity index (χ3v) is 5.09. The standard InChI is InChI=1S/C11H7BrS2/c1-6-8-2-3-13-9(8)4-7-5-10(12)14-11(6)7/h2-5H,1H3. The van der Waals surface area contributed by atoms with Gasteiger partial charge < -0.3 is 0 Å². The van der Waals surface area contributed by atoms with Crippen LogP contribution in [0.3, 0.4) is 0 Å². The number of thiophene rings is 2. The number of halogens is 1. The molecule has 0 aliphatic carbocycles. The number of aryl methyl sites for hydroxylation is 1. The predicted molar refractivity (Wildman–Crippen MR) is 69.6 cm³/mol. The molecule has 0 amide bonds. The van der Waals surface area contributed by atoms with E-state index in [9.17, 15) is 0 Å². The first-order chi connectivity index (χ1) is 6.75. The lowest BCUT2D eigenvalue weighted by atomic mass is 10.1. The van der Waals surface area contributed by atoms with Crippen LogP contribution in [-0.4, -0.2) is 0 Å². The molecule has 0 bridgehead atoms. The molecular formula is C11H7BrS2. The van der Waals surface area contributed by atoms with Crippen molar-refractivity contribution in [2.24, 2.45) is 0 Å². The molecule has 0 fully saturated rings. The summed E-state index contributed by atoms with van der Waals surface area (Å²) < 4.78 is 4.01. The largest absolute Gasteiger partial charge is 0.144 e. The van der Waals surface area contributed by atoms with Gasteiger partial charge in [0, 0.05) is 9.40 Å². The molecule has 0 spiro atoms. The second-order valence-corrected chi connectivity index (χ2v) is 6.68. The minimum absolute atomic E-state index is 1.22. The fraction of sp³-hybridized carbons (Fsp3) is 0.0909. The van der Waals surface area contributed by atoms with Crippen LogP contribution in [0.4, 0.5) is 0 Å². The Morgan fingerprint density at radius 2 is 2.14 bits per heavy atom. The van der Waals surface area contributed by atoms with Crippen LogP contribution >= 0.6 is 38.6 Å². The van der Waals surface area contributed by atoms with E-state index in [4.69, 9.17) is 0 Å². The molecule has 14 heavy (non-hydrogen) atoms. The summed E-state index contributed by atoms with van der Waals surface area (Å²) in [5, 5.41) is 4.92. The molecule has 2 heterocycles. The van der Waals surface area contributed by atoms with Gasteiger partial charge in [-0.1, -0.05) is 0 Å². The Kier molecular flexibility index (Phi) is 1.94. The average molecular weight is 283 g/mol. The Labute approximate surface area is 98.3 Å². The molecule has 0 aliphatic rings. The summed E-state index contributed by atoms with van der Waals surface area (Å²) in [6.45, 7) is 2.21. The van der Waals surface area contributed by atoms with Gasteiger partial charge in [-0.15, -0.1) is 22.7 Å². The highest BCUT2D eigenvalue weighted by molar-refractivity contribution is 9.11. The van der Waals surface area contributed by atoms with Crippen molar-refractivity contribution >= 4 is 58.8 Å². The topological polar surface area (TPSA) is 0 Å². The van der Waals surface area contributed by atoms with Crippen molar-refractivity contribution in [3.8, 4) is 0 Å². The molecule has 0 radical (unpaired) electrons. The number of hydrogen-bond donors (Lipinski definition) is 0. The van der Waals surface area contributed by atoms with Crippen molar-refractivity contribution in [3.63, 3.8) is 0 Å². The molecule has 0 saturated carbocycles. The lowest BCUT2D eigenvalue weighted by molar-refractivity contribution is 1.64. The third kappa shape index (κ3) is 1.16. The summed E-state index contributed by atoms with van der Waals surface area (Å²) in [5.41, 5.74) is 1.41. The molecule has 0 saturated heterocycles. The van der Waals surface area contributed by atoms with Crippen LogP contribution in [0.1, 0.15) is 5.56 Å². The van der Waals surface area contributed by atoms with E-state index >= 15 is 0 Å². The number of fused-ring (bicyclic) bond motifs is 2.